The van der Waals surface area contributed by atoms with E-state index in [0.29, 0.717) is 0 Å². The minimum Gasteiger partial charge on any atom is -0.505 e. The molecule has 0 aliphatic rings. The second-order valence-corrected chi connectivity index (χ2v) is 5.26. The Balaban J connectivity index is 3.12. The summed E-state index contributed by atoms with van der Waals surface area (Å²) in [6, 6.07) is 0. The van der Waals surface area contributed by atoms with Crippen LogP contribution in [0.15, 0.2) is 10.6 Å². The second kappa shape index (κ2) is 6.46. The summed E-state index contributed by atoms with van der Waals surface area (Å²) in [6.07, 6.45) is 1.38. The van der Waals surface area contributed by atoms with Gasteiger partial charge >= 0.3 is 0 Å². The lowest BCUT2D eigenvalue weighted by Crippen LogP contribution is -1.96. The molecule has 2 nitrogen and oxygen atoms in total. The fraction of sp³-hybridized carbons (Fsp3) is 0.111. The highest BCUT2D eigenvalue weighted by Crippen LogP contribution is 2.49. The van der Waals surface area contributed by atoms with Crippen LogP contribution in [0.5, 0.6) is 11.5 Å². The molecule has 1 aromatic rings. The number of phenols is 1. The molecule has 0 aliphatic carbocycles. The number of ether oxygens (including phenoxy) is 1. The van der Waals surface area contributed by atoms with Gasteiger partial charge in [-0.15, -0.1) is 0 Å². The minimum absolute atomic E-state index is 0.0270. The van der Waals surface area contributed by atoms with Gasteiger partial charge in [0.1, 0.15) is 31.2 Å². The van der Waals surface area contributed by atoms with Crippen LogP contribution < -0.4 is 4.74 Å². The molecule has 0 saturated heterocycles. The molecule has 0 fully saturated rings. The van der Waals surface area contributed by atoms with Crippen molar-refractivity contribution < 1.29 is 9.84 Å². The second-order valence-electron chi connectivity index (χ2n) is 2.74. The first-order chi connectivity index (χ1) is 7.86. The number of halogens is 6. The van der Waals surface area contributed by atoms with E-state index in [1.165, 1.54) is 6.08 Å². The van der Waals surface area contributed by atoms with Crippen LogP contribution in [0.3, 0.4) is 0 Å². The summed E-state index contributed by atoms with van der Waals surface area (Å²) in [4.78, 5) is 0. The maximum absolute atomic E-state index is 9.46. The number of aromatic hydroxyl groups is 1. The summed E-state index contributed by atoms with van der Waals surface area (Å²) in [5.41, 5.74) is 0. The molecule has 8 heteroatoms. The van der Waals surface area contributed by atoms with Gasteiger partial charge in [0.15, 0.2) is 11.5 Å². The first kappa shape index (κ1) is 15.4. The third kappa shape index (κ3) is 3.63. The Hall–Kier alpha value is 0.300. The van der Waals surface area contributed by atoms with Crippen LogP contribution >= 0.6 is 69.6 Å². The lowest BCUT2D eigenvalue weighted by atomic mass is 10.3. The molecule has 0 bridgehead atoms. The summed E-state index contributed by atoms with van der Waals surface area (Å²) < 4.78 is 5.24. The summed E-state index contributed by atoms with van der Waals surface area (Å²) in [5, 5.41) is 9.09. The monoisotopic (exact) mass is 354 g/mol. The number of hydrogen-bond donors (Lipinski definition) is 1. The zero-order chi connectivity index (χ0) is 13.2. The molecule has 0 saturated carbocycles. The predicted octanol–water partition coefficient (Wildman–Crippen LogP) is 5.70. The molecule has 94 valence electrons. The summed E-state index contributed by atoms with van der Waals surface area (Å²) in [7, 11) is 0. The Kier molecular flexibility index (Phi) is 5.84. The van der Waals surface area contributed by atoms with Crippen molar-refractivity contribution in [2.45, 2.75) is 0 Å². The molecule has 0 heterocycles. The zero-order valence-electron chi connectivity index (χ0n) is 7.91. The van der Waals surface area contributed by atoms with Crippen molar-refractivity contribution in [2.24, 2.45) is 0 Å². The topological polar surface area (TPSA) is 29.5 Å². The standard InChI is InChI=1S/C9H4Cl6O2/c10-3(11)1-2-17-9-6(14)4(12)8(16)5(13)7(9)15/h1,16H,2H2. The van der Waals surface area contributed by atoms with Gasteiger partial charge in [-0.25, -0.2) is 0 Å². The fourth-order valence-corrected chi connectivity index (χ4v) is 1.98. The average Bonchev–Trinajstić information content (AvgIpc) is 2.28. The van der Waals surface area contributed by atoms with Gasteiger partial charge in [-0.1, -0.05) is 69.6 Å². The van der Waals surface area contributed by atoms with Gasteiger partial charge in [-0.05, 0) is 6.08 Å². The smallest absolute Gasteiger partial charge is 0.160 e. The van der Waals surface area contributed by atoms with Gasteiger partial charge in [0.2, 0.25) is 0 Å². The maximum atomic E-state index is 9.46. The van der Waals surface area contributed by atoms with Gasteiger partial charge in [0, 0.05) is 0 Å². The summed E-state index contributed by atoms with van der Waals surface area (Å²) >= 11 is 33.9. The van der Waals surface area contributed by atoms with Crippen molar-refractivity contribution in [1.82, 2.24) is 0 Å². The molecule has 0 amide bonds. The molecule has 1 rings (SSSR count). The lowest BCUT2D eigenvalue weighted by molar-refractivity contribution is 0.362. The van der Waals surface area contributed by atoms with Crippen molar-refractivity contribution in [3.05, 3.63) is 30.7 Å². The van der Waals surface area contributed by atoms with E-state index in [2.05, 4.69) is 0 Å². The molecular weight excluding hydrogens is 353 g/mol. The fourth-order valence-electron chi connectivity index (χ4n) is 0.915. The van der Waals surface area contributed by atoms with Gasteiger partial charge in [-0.2, -0.15) is 0 Å². The van der Waals surface area contributed by atoms with Crippen LogP contribution in [0.4, 0.5) is 0 Å². The Morgan fingerprint density at radius 2 is 1.47 bits per heavy atom. The molecule has 0 unspecified atom stereocenters. The number of benzene rings is 1. The number of phenolic OH excluding ortho intramolecular Hbond substituents is 1. The van der Waals surface area contributed by atoms with Crippen LogP contribution in [0.25, 0.3) is 0 Å². The SMILES string of the molecule is Oc1c(Cl)c(Cl)c(OCC=C(Cl)Cl)c(Cl)c1Cl. The van der Waals surface area contributed by atoms with E-state index in [0.717, 1.165) is 0 Å². The quantitative estimate of drug-likeness (QED) is 0.703. The average molecular weight is 357 g/mol. The Bertz CT molecular complexity index is 438. The van der Waals surface area contributed by atoms with Crippen molar-refractivity contribution >= 4 is 69.6 Å². The van der Waals surface area contributed by atoms with E-state index >= 15 is 0 Å². The molecular formula is C9H4Cl6O2. The van der Waals surface area contributed by atoms with Crippen LogP contribution in [0.2, 0.25) is 20.1 Å². The van der Waals surface area contributed by atoms with E-state index in [-0.39, 0.29) is 36.9 Å². The van der Waals surface area contributed by atoms with Gasteiger partial charge in [0.25, 0.3) is 0 Å². The Labute approximate surface area is 128 Å². The van der Waals surface area contributed by atoms with E-state index < -0.39 is 5.75 Å². The van der Waals surface area contributed by atoms with Crippen LogP contribution in [0.1, 0.15) is 0 Å². The van der Waals surface area contributed by atoms with Gasteiger partial charge in [0.05, 0.1) is 0 Å². The van der Waals surface area contributed by atoms with E-state index in [1.54, 1.807) is 0 Å². The third-order valence-electron chi connectivity index (χ3n) is 1.67. The van der Waals surface area contributed by atoms with Crippen molar-refractivity contribution in [3.63, 3.8) is 0 Å². The molecule has 0 spiro atoms. The first-order valence-electron chi connectivity index (χ1n) is 4.05. The van der Waals surface area contributed by atoms with Crippen molar-refractivity contribution in [1.29, 1.82) is 0 Å². The van der Waals surface area contributed by atoms with Crippen molar-refractivity contribution in [3.8, 4) is 11.5 Å². The summed E-state index contributed by atoms with van der Waals surface area (Å²) in [6.45, 7) is 0.0270. The highest BCUT2D eigenvalue weighted by molar-refractivity contribution is 6.55. The Morgan fingerprint density at radius 1 is 1.00 bits per heavy atom. The van der Waals surface area contributed by atoms with E-state index in [4.69, 9.17) is 74.3 Å². The first-order valence-corrected chi connectivity index (χ1v) is 6.32. The minimum atomic E-state index is -0.401. The molecule has 0 aromatic heterocycles. The van der Waals surface area contributed by atoms with Crippen LogP contribution in [-0.2, 0) is 0 Å². The van der Waals surface area contributed by atoms with Crippen LogP contribution in [0, 0.1) is 0 Å². The third-order valence-corrected chi connectivity index (χ3v) is 3.62. The van der Waals surface area contributed by atoms with Crippen LogP contribution in [-0.4, -0.2) is 11.7 Å². The largest absolute Gasteiger partial charge is 0.505 e. The Morgan fingerprint density at radius 3 is 1.88 bits per heavy atom. The van der Waals surface area contributed by atoms with E-state index in [9.17, 15) is 5.11 Å². The van der Waals surface area contributed by atoms with Gasteiger partial charge in [-0.3, -0.25) is 0 Å². The maximum Gasteiger partial charge on any atom is 0.160 e. The highest BCUT2D eigenvalue weighted by atomic mass is 35.5. The number of rotatable bonds is 3. The lowest BCUT2D eigenvalue weighted by Gasteiger charge is -2.12. The zero-order valence-corrected chi connectivity index (χ0v) is 12.4. The predicted molar refractivity (Wildman–Crippen MR) is 73.4 cm³/mol. The molecule has 0 atom stereocenters. The molecule has 1 aromatic carbocycles. The van der Waals surface area contributed by atoms with Crippen molar-refractivity contribution in [2.75, 3.05) is 6.61 Å². The molecule has 0 radical (unpaired) electrons. The normalized spacial score (nSPS) is 10.2. The molecule has 1 N–H and O–H groups in total. The van der Waals surface area contributed by atoms with E-state index in [1.807, 2.05) is 0 Å². The molecule has 0 aliphatic heterocycles. The summed E-state index contributed by atoms with van der Waals surface area (Å²) in [5.74, 6) is -0.353. The molecule has 17 heavy (non-hydrogen) atoms. The highest BCUT2D eigenvalue weighted by Gasteiger charge is 2.20. The van der Waals surface area contributed by atoms with Gasteiger partial charge < -0.3 is 9.84 Å². The number of hydrogen-bond acceptors (Lipinski definition) is 2.